The maximum absolute atomic E-state index is 13.0. The summed E-state index contributed by atoms with van der Waals surface area (Å²) in [4.78, 5) is 28.9. The molecule has 0 aromatic heterocycles. The lowest BCUT2D eigenvalue weighted by atomic mass is 10.1. The van der Waals surface area contributed by atoms with Crippen LogP contribution in [0.3, 0.4) is 0 Å². The number of halogens is 1. The quantitative estimate of drug-likeness (QED) is 0.815. The van der Waals surface area contributed by atoms with Crippen LogP contribution in [0.25, 0.3) is 0 Å². The van der Waals surface area contributed by atoms with Crippen molar-refractivity contribution in [2.45, 2.75) is 26.3 Å². The normalized spacial score (nSPS) is 15.8. The summed E-state index contributed by atoms with van der Waals surface area (Å²) >= 11 is 0. The molecule has 1 aliphatic rings. The van der Waals surface area contributed by atoms with Crippen molar-refractivity contribution < 1.29 is 14.0 Å². The van der Waals surface area contributed by atoms with Gasteiger partial charge in [0.05, 0.1) is 12.6 Å². The highest BCUT2D eigenvalue weighted by molar-refractivity contribution is 5.94. The van der Waals surface area contributed by atoms with E-state index in [2.05, 4.69) is 17.1 Å². The van der Waals surface area contributed by atoms with Gasteiger partial charge in [-0.25, -0.2) is 4.39 Å². The third-order valence-corrected chi connectivity index (χ3v) is 5.38. The molecule has 2 aromatic rings. The van der Waals surface area contributed by atoms with Crippen LogP contribution in [0.15, 0.2) is 48.5 Å². The first-order valence-corrected chi connectivity index (χ1v) is 10.1. The maximum atomic E-state index is 13.0. The maximum Gasteiger partial charge on any atom is 0.253 e. The van der Waals surface area contributed by atoms with E-state index < -0.39 is 0 Å². The van der Waals surface area contributed by atoms with Gasteiger partial charge < -0.3 is 10.2 Å². The summed E-state index contributed by atoms with van der Waals surface area (Å²) < 4.78 is 13.0. The van der Waals surface area contributed by atoms with E-state index in [0.717, 1.165) is 12.0 Å². The van der Waals surface area contributed by atoms with Gasteiger partial charge in [-0.1, -0.05) is 31.2 Å². The number of carbonyl (C=O) groups is 2. The van der Waals surface area contributed by atoms with E-state index in [0.29, 0.717) is 38.3 Å². The van der Waals surface area contributed by atoms with Gasteiger partial charge in [-0.3, -0.25) is 14.5 Å². The van der Waals surface area contributed by atoms with Crippen LogP contribution in [0.4, 0.5) is 4.39 Å². The number of benzene rings is 2. The zero-order valence-corrected chi connectivity index (χ0v) is 17.0. The number of carbonyl (C=O) groups excluding carboxylic acids is 2. The molecule has 6 heteroatoms. The van der Waals surface area contributed by atoms with Crippen molar-refractivity contribution in [3.8, 4) is 0 Å². The molecule has 29 heavy (non-hydrogen) atoms. The Labute approximate surface area is 171 Å². The zero-order chi connectivity index (χ0) is 20.8. The first-order chi connectivity index (χ1) is 14.0. The molecule has 1 fully saturated rings. The third kappa shape index (κ3) is 5.64. The van der Waals surface area contributed by atoms with Crippen LogP contribution >= 0.6 is 0 Å². The van der Waals surface area contributed by atoms with Crippen LogP contribution in [0.1, 0.15) is 41.4 Å². The molecule has 1 atom stereocenters. The molecule has 1 aliphatic heterocycles. The van der Waals surface area contributed by atoms with Crippen LogP contribution in [0, 0.1) is 5.82 Å². The van der Waals surface area contributed by atoms with Crippen molar-refractivity contribution in [2.75, 3.05) is 32.7 Å². The lowest BCUT2D eigenvalue weighted by Gasteiger charge is -2.34. The molecular weight excluding hydrogens is 369 g/mol. The minimum Gasteiger partial charge on any atom is -0.348 e. The largest absolute Gasteiger partial charge is 0.348 e. The smallest absolute Gasteiger partial charge is 0.253 e. The van der Waals surface area contributed by atoms with Crippen LogP contribution < -0.4 is 5.32 Å². The minimum atomic E-state index is -0.291. The topological polar surface area (TPSA) is 52.7 Å². The zero-order valence-electron chi connectivity index (χ0n) is 17.0. The summed E-state index contributed by atoms with van der Waals surface area (Å²) in [6, 6.07) is 13.7. The Morgan fingerprint density at radius 3 is 2.21 bits per heavy atom. The van der Waals surface area contributed by atoms with Crippen molar-refractivity contribution in [2.24, 2.45) is 0 Å². The fraction of sp³-hybridized carbons (Fsp3) is 0.391. The van der Waals surface area contributed by atoms with Gasteiger partial charge in [0.25, 0.3) is 5.91 Å². The predicted molar refractivity (Wildman–Crippen MR) is 111 cm³/mol. The number of amides is 2. The summed E-state index contributed by atoms with van der Waals surface area (Å²) in [6.45, 7) is 6.80. The van der Waals surface area contributed by atoms with Crippen LogP contribution in [0.5, 0.6) is 0 Å². The molecule has 0 radical (unpaired) electrons. The van der Waals surface area contributed by atoms with Crippen molar-refractivity contribution >= 4 is 11.8 Å². The molecule has 2 aromatic carbocycles. The van der Waals surface area contributed by atoms with E-state index in [4.69, 9.17) is 0 Å². The Morgan fingerprint density at radius 2 is 1.62 bits per heavy atom. The summed E-state index contributed by atoms with van der Waals surface area (Å²) in [5, 5.41) is 2.95. The lowest BCUT2D eigenvalue weighted by Crippen LogP contribution is -2.51. The Kier molecular flexibility index (Phi) is 6.99. The van der Waals surface area contributed by atoms with Crippen LogP contribution in [0.2, 0.25) is 0 Å². The highest BCUT2D eigenvalue weighted by Crippen LogP contribution is 2.14. The summed E-state index contributed by atoms with van der Waals surface area (Å²) in [6.07, 6.45) is 0.953. The van der Waals surface area contributed by atoms with Gasteiger partial charge in [-0.2, -0.15) is 0 Å². The lowest BCUT2D eigenvalue weighted by molar-refractivity contribution is -0.123. The summed E-state index contributed by atoms with van der Waals surface area (Å²) in [5.41, 5.74) is 2.79. The number of piperazine rings is 1. The van der Waals surface area contributed by atoms with Crippen molar-refractivity contribution in [3.05, 3.63) is 71.0 Å². The minimum absolute atomic E-state index is 0.0432. The Balaban J connectivity index is 1.45. The van der Waals surface area contributed by atoms with Gasteiger partial charge in [0.15, 0.2) is 0 Å². The Bertz CT molecular complexity index is 828. The van der Waals surface area contributed by atoms with Gasteiger partial charge in [-0.05, 0) is 48.7 Å². The standard InChI is InChI=1S/C23H28FN3O2/c1-3-18-4-6-20(7-5-18)23(29)27-14-12-26(13-15-27)16-22(28)25-17(2)19-8-10-21(24)11-9-19/h4-11,17H,3,12-16H2,1-2H3,(H,25,28). The molecule has 0 bridgehead atoms. The molecule has 5 nitrogen and oxygen atoms in total. The van der Waals surface area contributed by atoms with Gasteiger partial charge in [0.2, 0.25) is 5.91 Å². The molecule has 1 heterocycles. The fourth-order valence-electron chi connectivity index (χ4n) is 3.50. The Hall–Kier alpha value is -2.73. The number of nitrogens with zero attached hydrogens (tertiary/aromatic N) is 2. The van der Waals surface area contributed by atoms with Gasteiger partial charge in [0, 0.05) is 31.7 Å². The highest BCUT2D eigenvalue weighted by Gasteiger charge is 2.23. The molecule has 154 valence electrons. The van der Waals surface area contributed by atoms with Crippen molar-refractivity contribution in [1.29, 1.82) is 0 Å². The molecular formula is C23H28FN3O2. The number of aryl methyl sites for hydroxylation is 1. The monoisotopic (exact) mass is 397 g/mol. The van der Waals surface area contributed by atoms with Gasteiger partial charge in [0.1, 0.15) is 5.82 Å². The fourth-order valence-corrected chi connectivity index (χ4v) is 3.50. The molecule has 0 spiro atoms. The molecule has 1 unspecified atom stereocenters. The molecule has 1 saturated heterocycles. The number of rotatable bonds is 6. The molecule has 3 rings (SSSR count). The van der Waals surface area contributed by atoms with Crippen molar-refractivity contribution in [3.63, 3.8) is 0 Å². The van der Waals surface area contributed by atoms with Crippen molar-refractivity contribution in [1.82, 2.24) is 15.1 Å². The molecule has 0 saturated carbocycles. The van der Waals surface area contributed by atoms with E-state index in [1.807, 2.05) is 36.1 Å². The van der Waals surface area contributed by atoms with Crippen LogP contribution in [-0.2, 0) is 11.2 Å². The van der Waals surface area contributed by atoms with E-state index >= 15 is 0 Å². The number of hydrogen-bond donors (Lipinski definition) is 1. The molecule has 0 aliphatic carbocycles. The number of hydrogen-bond acceptors (Lipinski definition) is 3. The summed E-state index contributed by atoms with van der Waals surface area (Å²) in [5.74, 6) is -0.320. The predicted octanol–water partition coefficient (Wildman–Crippen LogP) is 3.02. The second-order valence-electron chi connectivity index (χ2n) is 7.46. The van der Waals surface area contributed by atoms with E-state index in [9.17, 15) is 14.0 Å². The molecule has 1 N–H and O–H groups in total. The van der Waals surface area contributed by atoms with E-state index in [-0.39, 0.29) is 23.7 Å². The third-order valence-electron chi connectivity index (χ3n) is 5.38. The van der Waals surface area contributed by atoms with Gasteiger partial charge in [-0.15, -0.1) is 0 Å². The van der Waals surface area contributed by atoms with Crippen LogP contribution in [-0.4, -0.2) is 54.3 Å². The van der Waals surface area contributed by atoms with Gasteiger partial charge >= 0.3 is 0 Å². The average Bonchev–Trinajstić information content (AvgIpc) is 2.74. The first kappa shape index (κ1) is 21.0. The van der Waals surface area contributed by atoms with E-state index in [1.165, 1.54) is 17.7 Å². The summed E-state index contributed by atoms with van der Waals surface area (Å²) in [7, 11) is 0. The highest BCUT2D eigenvalue weighted by atomic mass is 19.1. The second kappa shape index (κ2) is 9.65. The average molecular weight is 397 g/mol. The SMILES string of the molecule is CCc1ccc(C(=O)N2CCN(CC(=O)NC(C)c3ccc(F)cc3)CC2)cc1. The second-order valence-corrected chi connectivity index (χ2v) is 7.46. The van der Waals surface area contributed by atoms with E-state index in [1.54, 1.807) is 12.1 Å². The first-order valence-electron chi connectivity index (χ1n) is 10.1. The molecule has 2 amide bonds. The number of nitrogens with one attached hydrogen (secondary N) is 1. The Morgan fingerprint density at radius 1 is 1.00 bits per heavy atom.